The van der Waals surface area contributed by atoms with Crippen LogP contribution < -0.4 is 4.90 Å². The third-order valence-electron chi connectivity index (χ3n) is 9.64. The van der Waals surface area contributed by atoms with Crippen LogP contribution in [0, 0.1) is 0 Å². The van der Waals surface area contributed by atoms with E-state index in [-0.39, 0.29) is 5.41 Å². The zero-order valence-corrected chi connectivity index (χ0v) is 25.3. The summed E-state index contributed by atoms with van der Waals surface area (Å²) in [5.74, 6) is 0. The summed E-state index contributed by atoms with van der Waals surface area (Å²) < 4.78 is 6.27. The Morgan fingerprint density at radius 1 is 0.489 bits per heavy atom. The maximum Gasteiger partial charge on any atom is 0.136 e. The van der Waals surface area contributed by atoms with Gasteiger partial charge in [-0.05, 0) is 93.2 Å². The zero-order valence-electron chi connectivity index (χ0n) is 25.3. The number of rotatable bonds is 4. The molecule has 0 atom stereocenters. The van der Waals surface area contributed by atoms with Crippen molar-refractivity contribution in [1.82, 2.24) is 0 Å². The number of nitrogens with zero attached hydrogens (tertiary/aromatic N) is 1. The zero-order chi connectivity index (χ0) is 30.1. The molecule has 45 heavy (non-hydrogen) atoms. The van der Waals surface area contributed by atoms with Crippen molar-refractivity contribution in [2.75, 3.05) is 4.90 Å². The predicted molar refractivity (Wildman–Crippen MR) is 189 cm³/mol. The Kier molecular flexibility index (Phi) is 5.58. The molecule has 1 aliphatic carbocycles. The second-order valence-electron chi connectivity index (χ2n) is 12.6. The first-order chi connectivity index (χ1) is 22.1. The molecule has 2 heteroatoms. The summed E-state index contributed by atoms with van der Waals surface area (Å²) in [5.41, 5.74) is 13.0. The molecule has 0 fully saturated rings. The van der Waals surface area contributed by atoms with Crippen molar-refractivity contribution in [1.29, 1.82) is 0 Å². The van der Waals surface area contributed by atoms with Crippen LogP contribution in [-0.2, 0) is 5.41 Å². The van der Waals surface area contributed by atoms with E-state index in [2.05, 4.69) is 170 Å². The molecule has 0 amide bonds. The fourth-order valence-corrected chi connectivity index (χ4v) is 7.37. The highest BCUT2D eigenvalue weighted by Gasteiger charge is 2.37. The SMILES string of the molecule is CC1(C)c2ccccc2-c2c(N(c3ccccc3)c3ccc(-c4ccc5oc6cc7ccccc7cc6c5c4)cc3)cccc21. The second kappa shape index (κ2) is 9.70. The Morgan fingerprint density at radius 3 is 1.96 bits per heavy atom. The summed E-state index contributed by atoms with van der Waals surface area (Å²) in [6, 6.07) is 54.7. The topological polar surface area (TPSA) is 16.4 Å². The Bertz CT molecular complexity index is 2400. The van der Waals surface area contributed by atoms with Gasteiger partial charge in [0.15, 0.2) is 0 Å². The predicted octanol–water partition coefficient (Wildman–Crippen LogP) is 12.2. The Labute approximate surface area is 262 Å². The quantitative estimate of drug-likeness (QED) is 0.207. The molecule has 0 saturated heterocycles. The van der Waals surface area contributed by atoms with Crippen LogP contribution in [0.5, 0.6) is 0 Å². The van der Waals surface area contributed by atoms with Gasteiger partial charge in [0.2, 0.25) is 0 Å². The highest BCUT2D eigenvalue weighted by atomic mass is 16.3. The van der Waals surface area contributed by atoms with Crippen LogP contribution in [0.1, 0.15) is 25.0 Å². The lowest BCUT2D eigenvalue weighted by atomic mass is 9.82. The highest BCUT2D eigenvalue weighted by molar-refractivity contribution is 6.11. The second-order valence-corrected chi connectivity index (χ2v) is 12.6. The molecule has 0 spiro atoms. The lowest BCUT2D eigenvalue weighted by Gasteiger charge is -2.29. The monoisotopic (exact) mass is 577 g/mol. The largest absolute Gasteiger partial charge is 0.456 e. The molecule has 2 nitrogen and oxygen atoms in total. The van der Waals surface area contributed by atoms with Gasteiger partial charge in [0.25, 0.3) is 0 Å². The summed E-state index contributed by atoms with van der Waals surface area (Å²) in [4.78, 5) is 2.40. The van der Waals surface area contributed by atoms with Gasteiger partial charge in [-0.25, -0.2) is 0 Å². The molecular weight excluding hydrogens is 546 g/mol. The maximum absolute atomic E-state index is 6.27. The van der Waals surface area contributed by atoms with Gasteiger partial charge in [0.1, 0.15) is 11.2 Å². The van der Waals surface area contributed by atoms with Gasteiger partial charge in [-0.2, -0.15) is 0 Å². The number of benzene rings is 7. The first-order valence-corrected chi connectivity index (χ1v) is 15.6. The highest BCUT2D eigenvalue weighted by Crippen LogP contribution is 2.54. The summed E-state index contributed by atoms with van der Waals surface area (Å²) in [7, 11) is 0. The van der Waals surface area contributed by atoms with Crippen molar-refractivity contribution in [2.24, 2.45) is 0 Å². The van der Waals surface area contributed by atoms with Gasteiger partial charge >= 0.3 is 0 Å². The molecule has 1 aliphatic rings. The van der Waals surface area contributed by atoms with Gasteiger partial charge in [-0.1, -0.05) is 111 Å². The van der Waals surface area contributed by atoms with E-state index in [1.807, 2.05) is 0 Å². The van der Waals surface area contributed by atoms with Crippen LogP contribution in [-0.4, -0.2) is 0 Å². The van der Waals surface area contributed by atoms with E-state index < -0.39 is 0 Å². The van der Waals surface area contributed by atoms with E-state index in [0.29, 0.717) is 0 Å². The number of hydrogen-bond acceptors (Lipinski definition) is 2. The molecule has 1 aromatic heterocycles. The molecule has 0 aliphatic heterocycles. The Balaban J connectivity index is 1.17. The normalized spacial score (nSPS) is 13.3. The van der Waals surface area contributed by atoms with Crippen molar-refractivity contribution >= 4 is 49.8 Å². The van der Waals surface area contributed by atoms with Crippen molar-refractivity contribution < 1.29 is 4.42 Å². The summed E-state index contributed by atoms with van der Waals surface area (Å²) >= 11 is 0. The van der Waals surface area contributed by atoms with E-state index in [1.54, 1.807) is 0 Å². The molecule has 214 valence electrons. The number of para-hydroxylation sites is 1. The first kappa shape index (κ1) is 25.9. The first-order valence-electron chi connectivity index (χ1n) is 15.6. The molecule has 0 N–H and O–H groups in total. The van der Waals surface area contributed by atoms with Crippen LogP contribution in [0.15, 0.2) is 156 Å². The van der Waals surface area contributed by atoms with E-state index >= 15 is 0 Å². The van der Waals surface area contributed by atoms with E-state index in [1.165, 1.54) is 49.8 Å². The van der Waals surface area contributed by atoms with Gasteiger partial charge < -0.3 is 9.32 Å². The van der Waals surface area contributed by atoms with Crippen LogP contribution in [0.2, 0.25) is 0 Å². The van der Waals surface area contributed by atoms with E-state index in [0.717, 1.165) is 33.3 Å². The van der Waals surface area contributed by atoms with Crippen molar-refractivity contribution in [3.05, 3.63) is 163 Å². The number of anilines is 3. The maximum atomic E-state index is 6.27. The molecule has 8 aromatic rings. The third-order valence-corrected chi connectivity index (χ3v) is 9.64. The molecule has 1 heterocycles. The average Bonchev–Trinajstić information content (AvgIpc) is 3.56. The summed E-state index contributed by atoms with van der Waals surface area (Å²) in [6.45, 7) is 4.68. The fraction of sp³-hybridized carbons (Fsp3) is 0.0698. The summed E-state index contributed by atoms with van der Waals surface area (Å²) in [5, 5.41) is 4.71. The van der Waals surface area contributed by atoms with Crippen LogP contribution in [0.4, 0.5) is 17.1 Å². The van der Waals surface area contributed by atoms with Crippen molar-refractivity contribution in [2.45, 2.75) is 19.3 Å². The molecule has 0 unspecified atom stereocenters. The average molecular weight is 578 g/mol. The minimum atomic E-state index is -0.0592. The van der Waals surface area contributed by atoms with Gasteiger partial charge in [-0.3, -0.25) is 0 Å². The van der Waals surface area contributed by atoms with Crippen molar-refractivity contribution in [3.63, 3.8) is 0 Å². The number of fused-ring (bicyclic) bond motifs is 7. The number of hydrogen-bond donors (Lipinski definition) is 0. The van der Waals surface area contributed by atoms with Gasteiger partial charge in [0.05, 0.1) is 5.69 Å². The minimum absolute atomic E-state index is 0.0592. The van der Waals surface area contributed by atoms with Gasteiger partial charge in [0, 0.05) is 33.1 Å². The molecule has 0 bridgehead atoms. The lowest BCUT2D eigenvalue weighted by Crippen LogP contribution is -2.16. The van der Waals surface area contributed by atoms with Gasteiger partial charge in [-0.15, -0.1) is 0 Å². The molecule has 0 saturated carbocycles. The van der Waals surface area contributed by atoms with E-state index in [9.17, 15) is 0 Å². The Morgan fingerprint density at radius 2 is 1.13 bits per heavy atom. The van der Waals surface area contributed by atoms with Crippen molar-refractivity contribution in [3.8, 4) is 22.3 Å². The minimum Gasteiger partial charge on any atom is -0.456 e. The fourth-order valence-electron chi connectivity index (χ4n) is 7.37. The Hall–Kier alpha value is -5.60. The summed E-state index contributed by atoms with van der Waals surface area (Å²) in [6.07, 6.45) is 0. The third kappa shape index (κ3) is 3.96. The van der Waals surface area contributed by atoms with E-state index in [4.69, 9.17) is 4.42 Å². The molecule has 7 aromatic carbocycles. The van der Waals surface area contributed by atoms with Crippen LogP contribution in [0.3, 0.4) is 0 Å². The number of furan rings is 1. The standard InChI is InChI=1S/C43H31NO/c1-43(2)37-16-9-8-15-34(37)42-38(43)17-10-18-39(42)44(32-13-4-3-5-14-32)33-22-19-28(20-23-33)31-21-24-40-35(26-31)36-25-29-11-6-7-12-30(29)27-41(36)45-40/h3-27H,1-2H3. The van der Waals surface area contributed by atoms with Crippen LogP contribution in [0.25, 0.3) is 55.0 Å². The lowest BCUT2D eigenvalue weighted by molar-refractivity contribution is 0.660. The molecular formula is C43H31NO. The molecule has 0 radical (unpaired) electrons. The molecule has 9 rings (SSSR count). The van der Waals surface area contributed by atoms with Crippen LogP contribution >= 0.6 is 0 Å². The smallest absolute Gasteiger partial charge is 0.136 e.